The van der Waals surface area contributed by atoms with Crippen LogP contribution >= 0.6 is 22.9 Å². The number of hydrogen-bond donors (Lipinski definition) is 0. The summed E-state index contributed by atoms with van der Waals surface area (Å²) in [6.45, 7) is 3.56. The number of nitrogens with zero attached hydrogens (tertiary/aromatic N) is 3. The van der Waals surface area contributed by atoms with Gasteiger partial charge < -0.3 is 9.80 Å². The second-order valence-corrected chi connectivity index (χ2v) is 11.5. The van der Waals surface area contributed by atoms with Crippen molar-refractivity contribution in [2.75, 3.05) is 13.1 Å². The number of carbonyl (C=O) groups is 2. The van der Waals surface area contributed by atoms with Gasteiger partial charge in [0.25, 0.3) is 0 Å². The Labute approximate surface area is 228 Å². The summed E-state index contributed by atoms with van der Waals surface area (Å²) in [7, 11) is 0. The van der Waals surface area contributed by atoms with Gasteiger partial charge in [-0.15, -0.1) is 11.3 Å². The predicted molar refractivity (Wildman–Crippen MR) is 149 cm³/mol. The van der Waals surface area contributed by atoms with E-state index in [0.717, 1.165) is 56.3 Å². The van der Waals surface area contributed by atoms with Gasteiger partial charge in [0.2, 0.25) is 11.8 Å². The molecule has 2 amide bonds. The van der Waals surface area contributed by atoms with Crippen molar-refractivity contribution >= 4 is 34.8 Å². The third-order valence-electron chi connectivity index (χ3n) is 7.71. The third-order valence-corrected chi connectivity index (χ3v) is 8.96. The van der Waals surface area contributed by atoms with E-state index in [9.17, 15) is 9.59 Å². The molecule has 3 aromatic rings. The van der Waals surface area contributed by atoms with Crippen LogP contribution in [0, 0.1) is 0 Å². The van der Waals surface area contributed by atoms with E-state index in [1.165, 1.54) is 16.0 Å². The molecule has 194 valence electrons. The molecule has 1 fully saturated rings. The number of amides is 2. The molecule has 7 heteroatoms. The summed E-state index contributed by atoms with van der Waals surface area (Å²) < 4.78 is 0. The monoisotopic (exact) mass is 535 g/mol. The Hall–Kier alpha value is -2.70. The normalized spacial score (nSPS) is 19.5. The lowest BCUT2D eigenvalue weighted by molar-refractivity contribution is -0.140. The second-order valence-electron chi connectivity index (χ2n) is 10.0. The molecule has 0 radical (unpaired) electrons. The van der Waals surface area contributed by atoms with Crippen molar-refractivity contribution in [3.63, 3.8) is 0 Å². The SMILES string of the molecule is CCc1ccc(CC2CCCCN2C(=O)CCC(=O)N2CCc3sccc3C2c2ccc(Cl)cc2)nc1. The fourth-order valence-electron chi connectivity index (χ4n) is 5.66. The predicted octanol–water partition coefficient (Wildman–Crippen LogP) is 6.24. The van der Waals surface area contributed by atoms with Gasteiger partial charge in [0.1, 0.15) is 0 Å². The molecule has 2 aromatic heterocycles. The Bertz CT molecular complexity index is 1220. The van der Waals surface area contributed by atoms with Gasteiger partial charge in [-0.3, -0.25) is 14.6 Å². The number of aromatic nitrogens is 1. The number of hydrogen-bond acceptors (Lipinski definition) is 4. The number of fused-ring (bicyclic) bond motifs is 1. The van der Waals surface area contributed by atoms with Crippen molar-refractivity contribution in [1.29, 1.82) is 0 Å². The molecule has 0 aliphatic carbocycles. The summed E-state index contributed by atoms with van der Waals surface area (Å²) >= 11 is 7.89. The van der Waals surface area contributed by atoms with Crippen LogP contribution in [-0.2, 0) is 28.9 Å². The van der Waals surface area contributed by atoms with Crippen molar-refractivity contribution in [2.45, 2.75) is 70.4 Å². The molecule has 4 heterocycles. The highest BCUT2D eigenvalue weighted by Crippen LogP contribution is 2.38. The molecule has 2 aliphatic heterocycles. The number of likely N-dealkylation sites (tertiary alicyclic amines) is 1. The van der Waals surface area contributed by atoms with Gasteiger partial charge in [0, 0.05) is 60.2 Å². The van der Waals surface area contributed by atoms with E-state index in [1.807, 2.05) is 40.3 Å². The maximum Gasteiger partial charge on any atom is 0.223 e. The Balaban J connectivity index is 1.25. The van der Waals surface area contributed by atoms with Crippen LogP contribution in [-0.4, -0.2) is 45.7 Å². The van der Waals surface area contributed by atoms with Crippen molar-refractivity contribution in [1.82, 2.24) is 14.8 Å². The van der Waals surface area contributed by atoms with Crippen LogP contribution in [0.1, 0.15) is 72.3 Å². The summed E-state index contributed by atoms with van der Waals surface area (Å²) in [6, 6.07) is 14.1. The summed E-state index contributed by atoms with van der Waals surface area (Å²) in [5.41, 5.74) is 4.50. The lowest BCUT2D eigenvalue weighted by Crippen LogP contribution is -2.45. The fraction of sp³-hybridized carbons (Fsp3) is 0.433. The van der Waals surface area contributed by atoms with E-state index in [-0.39, 0.29) is 36.7 Å². The zero-order valence-corrected chi connectivity index (χ0v) is 22.9. The number of piperidine rings is 1. The van der Waals surface area contributed by atoms with E-state index in [1.54, 1.807) is 11.3 Å². The zero-order valence-electron chi connectivity index (χ0n) is 21.4. The van der Waals surface area contributed by atoms with Gasteiger partial charge in [0.05, 0.1) is 6.04 Å². The highest BCUT2D eigenvalue weighted by atomic mass is 35.5. The topological polar surface area (TPSA) is 53.5 Å². The molecule has 2 unspecified atom stereocenters. The molecule has 1 aromatic carbocycles. The number of halogens is 1. The van der Waals surface area contributed by atoms with Crippen LogP contribution < -0.4 is 0 Å². The van der Waals surface area contributed by atoms with Gasteiger partial charge in [0.15, 0.2) is 0 Å². The van der Waals surface area contributed by atoms with Crippen molar-refractivity contribution < 1.29 is 9.59 Å². The highest BCUT2D eigenvalue weighted by molar-refractivity contribution is 7.10. The molecule has 37 heavy (non-hydrogen) atoms. The molecule has 0 bridgehead atoms. The summed E-state index contributed by atoms with van der Waals surface area (Å²) in [5, 5.41) is 2.79. The van der Waals surface area contributed by atoms with E-state index in [4.69, 9.17) is 11.6 Å². The standard InChI is InChI=1S/C30H34ClN3O2S/c1-2-21-6-11-24(32-20-21)19-25-5-3-4-16-33(25)28(35)12-13-29(36)34-17-14-27-26(15-18-37-27)30(34)22-7-9-23(31)10-8-22/h6-11,15,18,20,25,30H,2-5,12-14,16-17,19H2,1H3. The van der Waals surface area contributed by atoms with Crippen LogP contribution in [0.3, 0.4) is 0 Å². The van der Waals surface area contributed by atoms with E-state index in [2.05, 4.69) is 35.5 Å². The van der Waals surface area contributed by atoms with Crippen LogP contribution in [0.5, 0.6) is 0 Å². The first-order valence-corrected chi connectivity index (χ1v) is 14.6. The third kappa shape index (κ3) is 5.91. The largest absolute Gasteiger partial charge is 0.339 e. The fourth-order valence-corrected chi connectivity index (χ4v) is 6.69. The molecule has 5 rings (SSSR count). The number of benzene rings is 1. The Morgan fingerprint density at radius 2 is 1.78 bits per heavy atom. The van der Waals surface area contributed by atoms with E-state index in [0.29, 0.717) is 11.6 Å². The van der Waals surface area contributed by atoms with Crippen LogP contribution in [0.25, 0.3) is 0 Å². The molecule has 0 N–H and O–H groups in total. The van der Waals surface area contributed by atoms with Crippen molar-refractivity contribution in [3.8, 4) is 0 Å². The van der Waals surface area contributed by atoms with Crippen LogP contribution in [0.4, 0.5) is 0 Å². The van der Waals surface area contributed by atoms with E-state index < -0.39 is 0 Å². The molecule has 1 saturated heterocycles. The quantitative estimate of drug-likeness (QED) is 0.360. The Morgan fingerprint density at radius 1 is 1.00 bits per heavy atom. The first kappa shape index (κ1) is 25.9. The molecule has 2 aliphatic rings. The Morgan fingerprint density at radius 3 is 2.51 bits per heavy atom. The number of carbonyl (C=O) groups excluding carboxylic acids is 2. The molecule has 0 spiro atoms. The average molecular weight is 536 g/mol. The van der Waals surface area contributed by atoms with Gasteiger partial charge in [-0.25, -0.2) is 0 Å². The number of thiophene rings is 1. The number of aryl methyl sites for hydroxylation is 1. The first-order chi connectivity index (χ1) is 18.0. The van der Waals surface area contributed by atoms with Gasteiger partial charge in [-0.2, -0.15) is 0 Å². The maximum absolute atomic E-state index is 13.5. The van der Waals surface area contributed by atoms with Crippen LogP contribution in [0.15, 0.2) is 54.0 Å². The molecular weight excluding hydrogens is 502 g/mol. The smallest absolute Gasteiger partial charge is 0.223 e. The molecule has 2 atom stereocenters. The van der Waals surface area contributed by atoms with Gasteiger partial charge in [-0.1, -0.05) is 36.7 Å². The minimum absolute atomic E-state index is 0.0375. The first-order valence-electron chi connectivity index (χ1n) is 13.4. The molecular formula is C30H34ClN3O2S. The van der Waals surface area contributed by atoms with Crippen molar-refractivity contribution in [2.24, 2.45) is 0 Å². The van der Waals surface area contributed by atoms with Gasteiger partial charge >= 0.3 is 0 Å². The second kappa shape index (κ2) is 11.8. The van der Waals surface area contributed by atoms with E-state index >= 15 is 0 Å². The van der Waals surface area contributed by atoms with Gasteiger partial charge in [-0.05, 0) is 78.4 Å². The highest BCUT2D eigenvalue weighted by Gasteiger charge is 2.34. The summed E-state index contributed by atoms with van der Waals surface area (Å²) in [6.07, 6.45) is 8.15. The Kier molecular flexibility index (Phi) is 8.26. The van der Waals surface area contributed by atoms with Crippen LogP contribution in [0.2, 0.25) is 5.02 Å². The minimum atomic E-state index is -0.130. The average Bonchev–Trinajstić information content (AvgIpc) is 3.41. The number of pyridine rings is 1. The van der Waals surface area contributed by atoms with Crippen molar-refractivity contribution in [3.05, 3.63) is 86.3 Å². The summed E-state index contributed by atoms with van der Waals surface area (Å²) in [5.74, 6) is 0.120. The lowest BCUT2D eigenvalue weighted by Gasteiger charge is -2.37. The molecule has 5 nitrogen and oxygen atoms in total. The maximum atomic E-state index is 13.5. The zero-order chi connectivity index (χ0) is 25.8. The minimum Gasteiger partial charge on any atom is -0.339 e. The molecule has 0 saturated carbocycles. The summed E-state index contributed by atoms with van der Waals surface area (Å²) in [4.78, 5) is 36.8. The number of rotatable bonds is 7. The lowest BCUT2D eigenvalue weighted by atomic mass is 9.92.